The monoisotopic (exact) mass is 648 g/mol. The zero-order chi connectivity index (χ0) is 34.3. The van der Waals surface area contributed by atoms with Gasteiger partial charge in [0.15, 0.2) is 0 Å². The smallest absolute Gasteiger partial charge is 0.00265 e. The van der Waals surface area contributed by atoms with E-state index in [9.17, 15) is 0 Å². The van der Waals surface area contributed by atoms with Gasteiger partial charge in [-0.05, 0) is 123 Å². The highest BCUT2D eigenvalue weighted by Gasteiger charge is 2.16. The Balaban J connectivity index is 1.25. The summed E-state index contributed by atoms with van der Waals surface area (Å²) in [5, 5.41) is 12.6. The fourth-order valence-corrected chi connectivity index (χ4v) is 8.12. The first-order valence-corrected chi connectivity index (χ1v) is 17.7. The second-order valence-electron chi connectivity index (χ2n) is 13.2. The Bertz CT molecular complexity index is 2930. The summed E-state index contributed by atoms with van der Waals surface area (Å²) in [6.45, 7) is 6.26. The van der Waals surface area contributed by atoms with Crippen LogP contribution in [-0.4, -0.2) is 0 Å². The number of fused-ring (bicyclic) bond motifs is 6. The summed E-state index contributed by atoms with van der Waals surface area (Å²) in [6, 6.07) is 62.1. The molecular formula is C51H36. The van der Waals surface area contributed by atoms with Gasteiger partial charge in [-0.3, -0.25) is 0 Å². The van der Waals surface area contributed by atoms with Crippen molar-refractivity contribution in [2.75, 3.05) is 0 Å². The van der Waals surface area contributed by atoms with E-state index in [1.54, 1.807) is 0 Å². The minimum Gasteiger partial charge on any atom is -0.0990 e. The highest BCUT2D eigenvalue weighted by molar-refractivity contribution is 6.21. The molecule has 0 amide bonds. The summed E-state index contributed by atoms with van der Waals surface area (Å²) in [7, 11) is 0. The molecule has 0 atom stereocenters. The predicted molar refractivity (Wildman–Crippen MR) is 222 cm³/mol. The molecule has 0 fully saturated rings. The molecule has 0 aliphatic carbocycles. The van der Waals surface area contributed by atoms with Crippen LogP contribution in [0.5, 0.6) is 0 Å². The van der Waals surface area contributed by atoms with Crippen molar-refractivity contribution in [1.29, 1.82) is 0 Å². The average molecular weight is 649 g/mol. The van der Waals surface area contributed by atoms with Gasteiger partial charge in [0.1, 0.15) is 0 Å². The summed E-state index contributed by atoms with van der Waals surface area (Å²) in [5.41, 5.74) is 9.74. The maximum Gasteiger partial charge on any atom is -0.00265 e. The Morgan fingerprint density at radius 3 is 1.61 bits per heavy atom. The first-order valence-electron chi connectivity index (χ1n) is 17.7. The third-order valence-corrected chi connectivity index (χ3v) is 10.4. The van der Waals surface area contributed by atoms with E-state index in [4.69, 9.17) is 0 Å². The van der Waals surface area contributed by atoms with Crippen LogP contribution in [0.1, 0.15) is 6.92 Å². The lowest BCUT2D eigenvalue weighted by atomic mass is 9.87. The molecule has 9 rings (SSSR count). The van der Waals surface area contributed by atoms with Gasteiger partial charge in [-0.2, -0.15) is 0 Å². The molecule has 0 heteroatoms. The molecule has 0 bridgehead atoms. The molecule has 9 aromatic carbocycles. The Hall–Kier alpha value is -6.50. The summed E-state index contributed by atoms with van der Waals surface area (Å²) < 4.78 is 0. The van der Waals surface area contributed by atoms with Crippen LogP contribution in [0, 0.1) is 0 Å². The maximum atomic E-state index is 4.12. The van der Waals surface area contributed by atoms with Crippen LogP contribution in [0.4, 0.5) is 0 Å². The molecule has 0 aromatic heterocycles. The van der Waals surface area contributed by atoms with Crippen LogP contribution in [0.3, 0.4) is 0 Å². The topological polar surface area (TPSA) is 0 Å². The average Bonchev–Trinajstić information content (AvgIpc) is 3.20. The molecule has 0 N–H and O–H groups in total. The molecule has 0 saturated heterocycles. The van der Waals surface area contributed by atoms with Crippen molar-refractivity contribution in [1.82, 2.24) is 0 Å². The van der Waals surface area contributed by atoms with E-state index in [1.807, 2.05) is 6.08 Å². The summed E-state index contributed by atoms with van der Waals surface area (Å²) in [6.07, 6.45) is 6.33. The zero-order valence-electron chi connectivity index (χ0n) is 28.6. The predicted octanol–water partition coefficient (Wildman–Crippen LogP) is 12.7. The lowest BCUT2D eigenvalue weighted by molar-refractivity contribution is 1.50. The third kappa shape index (κ3) is 5.16. The second-order valence-corrected chi connectivity index (χ2v) is 13.2. The number of rotatable bonds is 5. The molecule has 0 heterocycles. The lowest BCUT2D eigenvalue weighted by Crippen LogP contribution is -2.29. The van der Waals surface area contributed by atoms with Crippen molar-refractivity contribution in [3.05, 3.63) is 193 Å². The Morgan fingerprint density at radius 1 is 0.373 bits per heavy atom. The Labute approximate surface area is 298 Å². The lowest BCUT2D eigenvalue weighted by Gasteiger charge is -2.17. The van der Waals surface area contributed by atoms with Crippen LogP contribution in [-0.2, 0) is 0 Å². The van der Waals surface area contributed by atoms with Crippen LogP contribution in [0.25, 0.3) is 99.7 Å². The summed E-state index contributed by atoms with van der Waals surface area (Å²) in [5.74, 6) is 0. The van der Waals surface area contributed by atoms with Crippen LogP contribution in [0.15, 0.2) is 183 Å². The molecule has 0 aliphatic heterocycles. The molecule has 0 saturated carbocycles. The van der Waals surface area contributed by atoms with Crippen molar-refractivity contribution in [3.8, 4) is 44.5 Å². The molecule has 0 unspecified atom stereocenters. The Kier molecular flexibility index (Phi) is 7.64. The number of benzene rings is 9. The van der Waals surface area contributed by atoms with E-state index in [-0.39, 0.29) is 0 Å². The van der Waals surface area contributed by atoms with E-state index in [0.717, 1.165) is 0 Å². The fraction of sp³-hybridized carbons (Fsp3) is 0.0196. The molecule has 51 heavy (non-hydrogen) atoms. The van der Waals surface area contributed by atoms with Gasteiger partial charge in [0, 0.05) is 0 Å². The fourth-order valence-electron chi connectivity index (χ4n) is 8.12. The first kappa shape index (κ1) is 30.6. The maximum absolute atomic E-state index is 4.12. The van der Waals surface area contributed by atoms with Crippen molar-refractivity contribution < 1.29 is 0 Å². The van der Waals surface area contributed by atoms with E-state index in [2.05, 4.69) is 196 Å². The van der Waals surface area contributed by atoms with Gasteiger partial charge in [0.25, 0.3) is 0 Å². The van der Waals surface area contributed by atoms with Crippen LogP contribution in [0.2, 0.25) is 0 Å². The second kappa shape index (κ2) is 12.8. The summed E-state index contributed by atoms with van der Waals surface area (Å²) >= 11 is 0. The molecule has 0 nitrogen and oxygen atoms in total. The number of hydrogen-bond acceptors (Lipinski definition) is 0. The Morgan fingerprint density at radius 2 is 0.902 bits per heavy atom. The van der Waals surface area contributed by atoms with Crippen LogP contribution >= 0.6 is 0 Å². The summed E-state index contributed by atoms with van der Waals surface area (Å²) in [4.78, 5) is 0. The largest absolute Gasteiger partial charge is 0.0990 e. The van der Waals surface area contributed by atoms with Gasteiger partial charge < -0.3 is 0 Å². The molecule has 0 spiro atoms. The van der Waals surface area contributed by atoms with E-state index < -0.39 is 0 Å². The van der Waals surface area contributed by atoms with Gasteiger partial charge >= 0.3 is 0 Å². The van der Waals surface area contributed by atoms with Gasteiger partial charge in [-0.15, -0.1) is 0 Å². The van der Waals surface area contributed by atoms with Crippen molar-refractivity contribution in [2.24, 2.45) is 0 Å². The minimum atomic E-state index is 1.19. The van der Waals surface area contributed by atoms with Crippen molar-refractivity contribution >= 4 is 55.2 Å². The molecule has 0 aliphatic rings. The van der Waals surface area contributed by atoms with Crippen molar-refractivity contribution in [2.45, 2.75) is 6.92 Å². The van der Waals surface area contributed by atoms with Crippen LogP contribution < -0.4 is 10.4 Å². The molecule has 0 radical (unpaired) electrons. The van der Waals surface area contributed by atoms with Gasteiger partial charge in [0.05, 0.1) is 0 Å². The zero-order valence-corrected chi connectivity index (χ0v) is 28.6. The van der Waals surface area contributed by atoms with E-state index in [1.165, 1.54) is 98.0 Å². The normalized spacial score (nSPS) is 12.3. The van der Waals surface area contributed by atoms with Gasteiger partial charge in [-0.25, -0.2) is 0 Å². The molecule has 9 aromatic rings. The highest BCUT2D eigenvalue weighted by Crippen LogP contribution is 2.39. The molecule has 240 valence electrons. The number of hydrogen-bond donors (Lipinski definition) is 0. The molecular weight excluding hydrogens is 613 g/mol. The van der Waals surface area contributed by atoms with Crippen molar-refractivity contribution in [3.63, 3.8) is 0 Å². The van der Waals surface area contributed by atoms with Gasteiger partial charge in [0.2, 0.25) is 0 Å². The minimum absolute atomic E-state index is 1.19. The quantitative estimate of drug-likeness (QED) is 0.163. The third-order valence-electron chi connectivity index (χ3n) is 10.4. The number of allylic oxidation sites excluding steroid dienone is 1. The van der Waals surface area contributed by atoms with Gasteiger partial charge in [-0.1, -0.05) is 176 Å². The SMILES string of the molecule is C=C/C=c1/c(-c2ccccc2)c2ccccc2c(-c2cccc(-c3cccc(-c4cc5c6ccccc6ccc5c5ccccc45)c3)c2)/c1=C/C. The highest BCUT2D eigenvalue weighted by atomic mass is 14.2. The van der Waals surface area contributed by atoms with E-state index in [0.29, 0.717) is 0 Å². The van der Waals surface area contributed by atoms with E-state index >= 15 is 0 Å². The standard InChI is InChI=1S/C51H36/c1-3-16-45-40(4-2)51(47-28-13-12-27-46(47)50(45)35-18-6-5-7-19-35)39-23-15-21-37(32-39)36-20-14-22-38(31-36)48-33-49-41-24-9-8-17-34(41)29-30-44(49)42-25-10-11-26-43(42)48/h3-33H,1H2,2H3/b40-4+,45-16+. The first-order chi connectivity index (χ1) is 25.2.